The van der Waals surface area contributed by atoms with Crippen molar-refractivity contribution >= 4 is 21.4 Å². The molecule has 4 N–H and O–H groups in total. The van der Waals surface area contributed by atoms with Gasteiger partial charge in [-0.05, 0) is 38.1 Å². The van der Waals surface area contributed by atoms with Crippen LogP contribution in [0.3, 0.4) is 0 Å². The topological polar surface area (TPSA) is 93.4 Å². The molecule has 0 aliphatic heterocycles. The van der Waals surface area contributed by atoms with Gasteiger partial charge >= 0.3 is 0 Å². The van der Waals surface area contributed by atoms with Gasteiger partial charge in [0.05, 0.1) is 18.3 Å². The number of ether oxygens (including phenoxy) is 1. The smallest absolute Gasteiger partial charge is 0.242 e. The van der Waals surface area contributed by atoms with Gasteiger partial charge in [-0.15, -0.1) is 0 Å². The van der Waals surface area contributed by atoms with Gasteiger partial charge in [0.1, 0.15) is 4.90 Å². The molecule has 1 aromatic rings. The van der Waals surface area contributed by atoms with E-state index < -0.39 is 10.0 Å². The zero-order chi connectivity index (χ0) is 16.0. The highest BCUT2D eigenvalue weighted by molar-refractivity contribution is 7.89. The standard InChI is InChI=1S/C14H25N3O3S/c1-5-20-9-13(10(2)3)17-11-6-7-14(12(15)8-11)21(18,19)16-4/h6-8,10,13,16-17H,5,9,15H2,1-4H3. The zero-order valence-electron chi connectivity index (χ0n) is 13.0. The molecule has 0 fully saturated rings. The largest absolute Gasteiger partial charge is 0.398 e. The molecule has 1 rings (SSSR count). The molecule has 6 nitrogen and oxygen atoms in total. The third-order valence-electron chi connectivity index (χ3n) is 3.23. The lowest BCUT2D eigenvalue weighted by Gasteiger charge is -2.23. The molecule has 1 atom stereocenters. The predicted molar refractivity (Wildman–Crippen MR) is 85.8 cm³/mol. The molecule has 0 bridgehead atoms. The Morgan fingerprint density at radius 2 is 2.00 bits per heavy atom. The van der Waals surface area contributed by atoms with Crippen molar-refractivity contribution < 1.29 is 13.2 Å². The minimum atomic E-state index is -3.53. The van der Waals surface area contributed by atoms with Crippen LogP contribution in [0.2, 0.25) is 0 Å². The lowest BCUT2D eigenvalue weighted by molar-refractivity contribution is 0.127. The quantitative estimate of drug-likeness (QED) is 0.634. The molecule has 0 aliphatic carbocycles. The summed E-state index contributed by atoms with van der Waals surface area (Å²) in [6.45, 7) is 7.39. The summed E-state index contributed by atoms with van der Waals surface area (Å²) in [5.41, 5.74) is 6.84. The van der Waals surface area contributed by atoms with Gasteiger partial charge in [-0.1, -0.05) is 13.8 Å². The maximum Gasteiger partial charge on any atom is 0.242 e. The minimum Gasteiger partial charge on any atom is -0.398 e. The molecular formula is C14H25N3O3S. The summed E-state index contributed by atoms with van der Waals surface area (Å²) in [6, 6.07) is 4.98. The highest BCUT2D eigenvalue weighted by Crippen LogP contribution is 2.23. The van der Waals surface area contributed by atoms with Crippen molar-refractivity contribution in [3.05, 3.63) is 18.2 Å². The summed E-state index contributed by atoms with van der Waals surface area (Å²) in [4.78, 5) is 0.0847. The highest BCUT2D eigenvalue weighted by atomic mass is 32.2. The average Bonchev–Trinajstić information content (AvgIpc) is 2.42. The van der Waals surface area contributed by atoms with Crippen LogP contribution in [0.5, 0.6) is 0 Å². The van der Waals surface area contributed by atoms with Crippen LogP contribution < -0.4 is 15.8 Å². The number of nitrogens with two attached hydrogens (primary N) is 1. The van der Waals surface area contributed by atoms with Crippen molar-refractivity contribution in [3.8, 4) is 0 Å². The Balaban J connectivity index is 2.93. The molecule has 7 heteroatoms. The number of hydrogen-bond donors (Lipinski definition) is 3. The lowest BCUT2D eigenvalue weighted by Crippen LogP contribution is -2.31. The summed E-state index contributed by atoms with van der Waals surface area (Å²) < 4.78 is 31.3. The number of hydrogen-bond acceptors (Lipinski definition) is 5. The van der Waals surface area contributed by atoms with Crippen molar-refractivity contribution in [2.24, 2.45) is 5.92 Å². The normalized spacial score (nSPS) is 13.4. The van der Waals surface area contributed by atoms with Gasteiger partial charge in [-0.25, -0.2) is 13.1 Å². The molecule has 0 aromatic heterocycles. The Morgan fingerprint density at radius 3 is 2.48 bits per heavy atom. The maximum absolute atomic E-state index is 11.8. The summed E-state index contributed by atoms with van der Waals surface area (Å²) in [5, 5.41) is 3.33. The van der Waals surface area contributed by atoms with Crippen LogP contribution in [0.25, 0.3) is 0 Å². The van der Waals surface area contributed by atoms with Crippen LogP contribution in [-0.2, 0) is 14.8 Å². The van der Waals surface area contributed by atoms with E-state index in [9.17, 15) is 8.42 Å². The van der Waals surface area contributed by atoms with Crippen LogP contribution >= 0.6 is 0 Å². The van der Waals surface area contributed by atoms with Gasteiger partial charge in [0.2, 0.25) is 10.0 Å². The Labute approximate surface area is 127 Å². The molecule has 120 valence electrons. The van der Waals surface area contributed by atoms with Gasteiger partial charge < -0.3 is 15.8 Å². The van der Waals surface area contributed by atoms with Crippen molar-refractivity contribution in [1.29, 1.82) is 0 Å². The zero-order valence-corrected chi connectivity index (χ0v) is 13.8. The van der Waals surface area contributed by atoms with Gasteiger partial charge in [-0.2, -0.15) is 0 Å². The third kappa shape index (κ3) is 4.87. The van der Waals surface area contributed by atoms with Crippen LogP contribution in [0, 0.1) is 5.92 Å². The summed E-state index contributed by atoms with van der Waals surface area (Å²) in [5.74, 6) is 0.374. The molecule has 0 heterocycles. The molecule has 0 spiro atoms. The van der Waals surface area contributed by atoms with E-state index in [-0.39, 0.29) is 16.6 Å². The SMILES string of the molecule is CCOCC(Nc1ccc(S(=O)(=O)NC)c(N)c1)C(C)C. The van der Waals surface area contributed by atoms with E-state index in [1.165, 1.54) is 13.1 Å². The molecule has 1 aromatic carbocycles. The van der Waals surface area contributed by atoms with Gasteiger partial charge in [-0.3, -0.25) is 0 Å². The lowest BCUT2D eigenvalue weighted by atomic mass is 10.0. The molecule has 0 amide bonds. The van der Waals surface area contributed by atoms with Gasteiger partial charge in [0, 0.05) is 12.3 Å². The molecule has 0 saturated heterocycles. The van der Waals surface area contributed by atoms with Crippen molar-refractivity contribution in [2.75, 3.05) is 31.3 Å². The van der Waals surface area contributed by atoms with Crippen LogP contribution in [-0.4, -0.2) is 34.7 Å². The van der Waals surface area contributed by atoms with Gasteiger partial charge in [0.15, 0.2) is 0 Å². The first kappa shape index (κ1) is 17.7. The summed E-state index contributed by atoms with van der Waals surface area (Å²) in [6.07, 6.45) is 0. The van der Waals surface area contributed by atoms with E-state index in [4.69, 9.17) is 10.5 Å². The van der Waals surface area contributed by atoms with E-state index >= 15 is 0 Å². The molecule has 21 heavy (non-hydrogen) atoms. The van der Waals surface area contributed by atoms with Crippen molar-refractivity contribution in [1.82, 2.24) is 4.72 Å². The Bertz CT molecular complexity index is 559. The molecule has 0 saturated carbocycles. The number of anilines is 2. The van der Waals surface area contributed by atoms with E-state index in [1.54, 1.807) is 12.1 Å². The number of nitrogen functional groups attached to an aromatic ring is 1. The van der Waals surface area contributed by atoms with E-state index in [0.717, 1.165) is 5.69 Å². The number of benzene rings is 1. The van der Waals surface area contributed by atoms with Crippen LogP contribution in [0.15, 0.2) is 23.1 Å². The Morgan fingerprint density at radius 1 is 1.33 bits per heavy atom. The number of nitrogens with one attached hydrogen (secondary N) is 2. The number of rotatable bonds is 8. The monoisotopic (exact) mass is 315 g/mol. The second kappa shape index (κ2) is 7.63. The average molecular weight is 315 g/mol. The molecule has 0 radical (unpaired) electrons. The summed E-state index contributed by atoms with van der Waals surface area (Å²) >= 11 is 0. The fourth-order valence-corrected chi connectivity index (χ4v) is 2.69. The Kier molecular flexibility index (Phi) is 6.44. The predicted octanol–water partition coefficient (Wildman–Crippen LogP) is 1.65. The van der Waals surface area contributed by atoms with Crippen molar-refractivity contribution in [3.63, 3.8) is 0 Å². The first-order valence-electron chi connectivity index (χ1n) is 6.99. The van der Waals surface area contributed by atoms with Crippen LogP contribution in [0.4, 0.5) is 11.4 Å². The summed E-state index contributed by atoms with van der Waals surface area (Å²) in [7, 11) is -2.17. The molecule has 0 aliphatic rings. The fourth-order valence-electron chi connectivity index (χ4n) is 1.85. The highest BCUT2D eigenvalue weighted by Gasteiger charge is 2.17. The van der Waals surface area contributed by atoms with E-state index in [2.05, 4.69) is 23.9 Å². The first-order valence-corrected chi connectivity index (χ1v) is 8.47. The molecule has 1 unspecified atom stereocenters. The first-order chi connectivity index (χ1) is 9.81. The van der Waals surface area contributed by atoms with Crippen LogP contribution in [0.1, 0.15) is 20.8 Å². The second-order valence-corrected chi connectivity index (χ2v) is 6.97. The number of sulfonamides is 1. The maximum atomic E-state index is 11.8. The Hall–Kier alpha value is -1.31. The van der Waals surface area contributed by atoms with Crippen molar-refractivity contribution in [2.45, 2.75) is 31.7 Å². The third-order valence-corrected chi connectivity index (χ3v) is 4.71. The van der Waals surface area contributed by atoms with Gasteiger partial charge in [0.25, 0.3) is 0 Å². The fraction of sp³-hybridized carbons (Fsp3) is 0.571. The minimum absolute atomic E-state index is 0.0847. The second-order valence-electron chi connectivity index (χ2n) is 5.11. The molecular weight excluding hydrogens is 290 g/mol. The van der Waals surface area contributed by atoms with E-state index in [0.29, 0.717) is 19.1 Å². The van der Waals surface area contributed by atoms with E-state index in [1.807, 2.05) is 6.92 Å².